The van der Waals surface area contributed by atoms with Crippen molar-refractivity contribution in [3.05, 3.63) is 134 Å². The molecule has 4 aromatic heterocycles. The summed E-state index contributed by atoms with van der Waals surface area (Å²) in [6.45, 7) is 32.9. The van der Waals surface area contributed by atoms with Crippen LogP contribution in [-0.2, 0) is 27.4 Å². The molecule has 2 aliphatic heterocycles. The Morgan fingerprint density at radius 3 is 1.63 bits per heavy atom. The number of amides is 2. The SMILES string of the molecule is CC(C)C.CC(C)C.CC(C)C.COCc1nc(C2CN(C(=O)O)CCN2)c2cc(Cl)c(-c3ccccc3F)nc2c1-c1ccccc1C(C)C.COCc1nc(N2CCN(C(=O)OC(C)(C)C)CC2)c2cc(Cl)c(-c3ccccc3F)nc2c1Br. The number of pyridine rings is 4. The van der Waals surface area contributed by atoms with Gasteiger partial charge in [0.15, 0.2) is 0 Å². The highest BCUT2D eigenvalue weighted by Gasteiger charge is 2.32. The molecule has 0 spiro atoms. The van der Waals surface area contributed by atoms with E-state index in [1.807, 2.05) is 39.0 Å². The van der Waals surface area contributed by atoms with E-state index in [2.05, 4.69) is 108 Å². The van der Waals surface area contributed by atoms with Crippen molar-refractivity contribution in [2.24, 2.45) is 17.8 Å². The summed E-state index contributed by atoms with van der Waals surface area (Å²) < 4.78 is 46.6. The molecule has 2 fully saturated rings. The van der Waals surface area contributed by atoms with Crippen molar-refractivity contribution >= 4 is 78.9 Å². The van der Waals surface area contributed by atoms with Crippen LogP contribution in [0.15, 0.2) is 89.4 Å². The zero-order chi connectivity index (χ0) is 63.7. The molecule has 0 bridgehead atoms. The molecule has 0 saturated carbocycles. The monoisotopic (exact) mass is 1290 g/mol. The summed E-state index contributed by atoms with van der Waals surface area (Å²) in [5, 5.41) is 15.1. The summed E-state index contributed by atoms with van der Waals surface area (Å²) >= 11 is 17.0. The number of carboxylic acid groups (broad SMARTS) is 1. The molecular formula is C67H87BrCl2F2N8O6. The van der Waals surface area contributed by atoms with E-state index in [1.54, 1.807) is 67.7 Å². The molecule has 0 radical (unpaired) electrons. The van der Waals surface area contributed by atoms with E-state index < -0.39 is 23.3 Å². The van der Waals surface area contributed by atoms with Crippen LogP contribution in [0.1, 0.15) is 132 Å². The summed E-state index contributed by atoms with van der Waals surface area (Å²) in [6.07, 6.45) is -1.31. The number of fused-ring (bicyclic) bond motifs is 2. The fourth-order valence-electron chi connectivity index (χ4n) is 9.18. The molecule has 2 saturated heterocycles. The van der Waals surface area contributed by atoms with Gasteiger partial charge in [0, 0.05) is 87.5 Å². The average molecular weight is 1290 g/mol. The Morgan fingerprint density at radius 2 is 1.14 bits per heavy atom. The van der Waals surface area contributed by atoms with Gasteiger partial charge in [-0.15, -0.1) is 0 Å². The van der Waals surface area contributed by atoms with Crippen molar-refractivity contribution in [1.29, 1.82) is 0 Å². The molecule has 1 unspecified atom stereocenters. The number of halogens is 5. The lowest BCUT2D eigenvalue weighted by molar-refractivity contribution is 0.0240. The lowest BCUT2D eigenvalue weighted by Gasteiger charge is -2.36. The van der Waals surface area contributed by atoms with Gasteiger partial charge in [0.1, 0.15) is 23.1 Å². The van der Waals surface area contributed by atoms with Gasteiger partial charge in [0.2, 0.25) is 0 Å². The van der Waals surface area contributed by atoms with Crippen LogP contribution in [0.3, 0.4) is 0 Å². The first-order chi connectivity index (χ1) is 40.6. The van der Waals surface area contributed by atoms with E-state index in [0.717, 1.165) is 39.8 Å². The van der Waals surface area contributed by atoms with Crippen molar-refractivity contribution in [2.45, 2.75) is 128 Å². The van der Waals surface area contributed by atoms with Crippen molar-refractivity contribution in [3.63, 3.8) is 0 Å². The van der Waals surface area contributed by atoms with E-state index in [9.17, 15) is 23.5 Å². The summed E-state index contributed by atoms with van der Waals surface area (Å²) in [5.74, 6) is 2.58. The molecule has 86 heavy (non-hydrogen) atoms. The molecule has 0 aliphatic carbocycles. The molecule has 19 heteroatoms. The molecular weight excluding hydrogens is 1200 g/mol. The second-order valence-corrected chi connectivity index (χ2v) is 26.0. The number of ether oxygens (including phenoxy) is 3. The molecule has 1 atom stereocenters. The van der Waals surface area contributed by atoms with E-state index in [0.29, 0.717) is 111 Å². The van der Waals surface area contributed by atoms with Crippen LogP contribution >= 0.6 is 39.1 Å². The predicted octanol–water partition coefficient (Wildman–Crippen LogP) is 17.7. The van der Waals surface area contributed by atoms with Crippen LogP contribution in [0, 0.1) is 29.4 Å². The molecule has 2 amide bonds. The van der Waals surface area contributed by atoms with E-state index >= 15 is 0 Å². The van der Waals surface area contributed by atoms with Gasteiger partial charge in [0.05, 0.1) is 73.3 Å². The Hall–Kier alpha value is -6.08. The van der Waals surface area contributed by atoms with Gasteiger partial charge in [-0.05, 0) is 108 Å². The van der Waals surface area contributed by atoms with Gasteiger partial charge < -0.3 is 39.3 Å². The van der Waals surface area contributed by atoms with Crippen molar-refractivity contribution in [3.8, 4) is 33.6 Å². The van der Waals surface area contributed by atoms with Crippen LogP contribution in [0.2, 0.25) is 10.0 Å². The smallest absolute Gasteiger partial charge is 0.410 e. The number of benzene rings is 3. The van der Waals surface area contributed by atoms with Gasteiger partial charge in [-0.3, -0.25) is 4.98 Å². The number of anilines is 1. The van der Waals surface area contributed by atoms with E-state index in [4.69, 9.17) is 57.3 Å². The van der Waals surface area contributed by atoms with Crippen LogP contribution in [0.5, 0.6) is 0 Å². The lowest BCUT2D eigenvalue weighted by Crippen LogP contribution is -2.50. The minimum Gasteiger partial charge on any atom is -0.465 e. The Labute approximate surface area is 526 Å². The normalized spacial score (nSPS) is 14.3. The third-order valence-electron chi connectivity index (χ3n) is 12.6. The summed E-state index contributed by atoms with van der Waals surface area (Å²) in [7, 11) is 3.20. The predicted molar refractivity (Wildman–Crippen MR) is 350 cm³/mol. The first kappa shape index (κ1) is 70.7. The topological polar surface area (TPSA) is 155 Å². The Morgan fingerprint density at radius 1 is 0.663 bits per heavy atom. The lowest BCUT2D eigenvalue weighted by atomic mass is 9.89. The Kier molecular flexibility index (Phi) is 26.9. The fraction of sp³-hybridized carbons (Fsp3) is 0.463. The first-order valence-corrected chi connectivity index (χ1v) is 30.9. The third kappa shape index (κ3) is 19.5. The van der Waals surface area contributed by atoms with Crippen LogP contribution < -0.4 is 10.2 Å². The summed E-state index contributed by atoms with van der Waals surface area (Å²) in [6, 6.07) is 24.1. The maximum absolute atomic E-state index is 14.9. The molecule has 3 aromatic carbocycles. The molecule has 9 rings (SSSR count). The summed E-state index contributed by atoms with van der Waals surface area (Å²) in [5.41, 5.74) is 6.80. The van der Waals surface area contributed by atoms with Gasteiger partial charge in [0.25, 0.3) is 0 Å². The minimum atomic E-state index is -0.983. The van der Waals surface area contributed by atoms with Crippen LogP contribution in [0.25, 0.3) is 55.4 Å². The maximum Gasteiger partial charge on any atom is 0.410 e. The van der Waals surface area contributed by atoms with E-state index in [-0.39, 0.29) is 42.8 Å². The number of carbonyl (C=O) groups is 2. The fourth-order valence-corrected chi connectivity index (χ4v) is 10.2. The number of piperazine rings is 2. The van der Waals surface area contributed by atoms with Gasteiger partial charge in [-0.2, -0.15) is 0 Å². The van der Waals surface area contributed by atoms with Crippen molar-refractivity contribution in [2.75, 3.05) is 64.9 Å². The van der Waals surface area contributed by atoms with E-state index in [1.165, 1.54) is 17.0 Å². The molecule has 7 aromatic rings. The number of carbonyl (C=O) groups excluding carboxylic acids is 1. The zero-order valence-corrected chi connectivity index (χ0v) is 55.9. The summed E-state index contributed by atoms with van der Waals surface area (Å²) in [4.78, 5) is 49.1. The average Bonchev–Trinajstić information content (AvgIpc) is 1.59. The number of nitrogens with one attached hydrogen (secondary N) is 1. The quantitative estimate of drug-likeness (QED) is 0.134. The Bertz CT molecular complexity index is 3370. The Balaban J connectivity index is 0.000000265. The second kappa shape index (κ2) is 32.8. The number of hydrogen-bond donors (Lipinski definition) is 2. The molecule has 14 nitrogen and oxygen atoms in total. The molecule has 2 N–H and O–H groups in total. The molecule has 6 heterocycles. The van der Waals surface area contributed by atoms with Gasteiger partial charge in [-0.25, -0.2) is 33.3 Å². The van der Waals surface area contributed by atoms with Gasteiger partial charge in [-0.1, -0.05) is 148 Å². The minimum absolute atomic E-state index is 0.208. The third-order valence-corrected chi connectivity index (χ3v) is 14.0. The molecule has 2 aliphatic rings. The van der Waals surface area contributed by atoms with Crippen molar-refractivity contribution in [1.82, 2.24) is 35.1 Å². The second-order valence-electron chi connectivity index (χ2n) is 24.4. The van der Waals surface area contributed by atoms with Gasteiger partial charge >= 0.3 is 12.2 Å². The number of aromatic nitrogens is 4. The highest BCUT2D eigenvalue weighted by molar-refractivity contribution is 9.10. The number of hydrogen-bond acceptors (Lipinski definition) is 11. The van der Waals surface area contributed by atoms with Crippen molar-refractivity contribution < 1.29 is 37.7 Å². The standard InChI is InChI=1S/C30H30ClFN4O3.C25H27BrClFN4O3.3C4H10/c1-17(2)18-8-4-5-9-19(18)26-25(16-39-3)34-28(24-15-36(30(37)38)13-12-33-24)21-14-22(31)27(35-29(21)26)20-10-6-7-11-23(20)32;1-25(2,3)35-24(33)32-11-9-31(10-12-32)23-16-13-17(27)21(15-7-5-6-8-18(15)28)30-22(16)20(26)19(29-23)14-34-4;3*1-4(2)3/h4-11,14,17,24,33H,12-13,15-16H2,1-3H3,(H,37,38);5-8,13H,9-12,14H2,1-4H3;3*4H,1-3H3. The number of rotatable bonds is 10. The highest BCUT2D eigenvalue weighted by atomic mass is 79.9. The number of methoxy groups -OCH3 is 2. The zero-order valence-electron chi connectivity index (χ0n) is 52.8. The highest BCUT2D eigenvalue weighted by Crippen LogP contribution is 2.43. The largest absolute Gasteiger partial charge is 0.465 e. The maximum atomic E-state index is 14.9. The number of nitrogens with zero attached hydrogens (tertiary/aromatic N) is 7. The molecule has 466 valence electrons. The van der Waals surface area contributed by atoms with Crippen LogP contribution in [0.4, 0.5) is 24.2 Å². The first-order valence-electron chi connectivity index (χ1n) is 29.3. The van der Waals surface area contributed by atoms with Crippen LogP contribution in [-0.4, -0.2) is 113 Å².